The van der Waals surface area contributed by atoms with E-state index in [1.807, 2.05) is 46.5 Å². The highest BCUT2D eigenvalue weighted by Gasteiger charge is 2.12. The molecule has 0 aliphatic rings. The minimum Gasteiger partial charge on any atom is -0.299 e. The average Bonchev–Trinajstić information content (AvgIpc) is 3.46. The molecule has 0 saturated carbocycles. The Morgan fingerprint density at radius 2 is 1.84 bits per heavy atom. The van der Waals surface area contributed by atoms with Crippen LogP contribution < -0.4 is 5.69 Å². The number of nitrogens with one attached hydrogen (secondary N) is 1. The molecule has 0 spiro atoms. The molecule has 7 nitrogen and oxygen atoms in total. The summed E-state index contributed by atoms with van der Waals surface area (Å²) in [5.41, 5.74) is 5.26. The first-order chi connectivity index (χ1) is 15.7. The molecular weight excluding hydrogens is 400 g/mol. The molecule has 4 aromatic rings. The van der Waals surface area contributed by atoms with Crippen LogP contribution in [0.15, 0.2) is 71.7 Å². The number of nitrogens with zero attached hydrogens (tertiary/aromatic N) is 5. The summed E-state index contributed by atoms with van der Waals surface area (Å²) >= 11 is 0. The molecule has 0 radical (unpaired) electrons. The number of aromatic nitrogens is 6. The van der Waals surface area contributed by atoms with E-state index in [1.165, 1.54) is 0 Å². The lowest BCUT2D eigenvalue weighted by Gasteiger charge is -2.10. The van der Waals surface area contributed by atoms with Crippen LogP contribution in [-0.4, -0.2) is 29.8 Å². The van der Waals surface area contributed by atoms with E-state index in [2.05, 4.69) is 64.0 Å². The topological polar surface area (TPSA) is 81.4 Å². The predicted octanol–water partition coefficient (Wildman–Crippen LogP) is 4.46. The van der Waals surface area contributed by atoms with Gasteiger partial charge < -0.3 is 0 Å². The van der Waals surface area contributed by atoms with Crippen molar-refractivity contribution in [3.63, 3.8) is 0 Å². The van der Waals surface area contributed by atoms with Crippen molar-refractivity contribution in [2.24, 2.45) is 0 Å². The van der Waals surface area contributed by atoms with Gasteiger partial charge in [-0.1, -0.05) is 74.0 Å². The largest absolute Gasteiger partial charge is 0.328 e. The number of tetrazole rings is 1. The molecule has 2 heterocycles. The van der Waals surface area contributed by atoms with Crippen molar-refractivity contribution in [2.75, 3.05) is 0 Å². The molecule has 2 aromatic carbocycles. The second kappa shape index (κ2) is 10.0. The van der Waals surface area contributed by atoms with Crippen LogP contribution in [0.3, 0.4) is 0 Å². The van der Waals surface area contributed by atoms with E-state index < -0.39 is 0 Å². The van der Waals surface area contributed by atoms with Crippen molar-refractivity contribution >= 4 is 0 Å². The quantitative estimate of drug-likeness (QED) is 0.399. The van der Waals surface area contributed by atoms with Crippen molar-refractivity contribution in [3.8, 4) is 22.5 Å². The van der Waals surface area contributed by atoms with Gasteiger partial charge in [-0.2, -0.15) is 0 Å². The molecule has 0 bridgehead atoms. The van der Waals surface area contributed by atoms with Crippen molar-refractivity contribution in [3.05, 3.63) is 88.6 Å². The molecule has 164 valence electrons. The number of imidazole rings is 1. The van der Waals surface area contributed by atoms with Gasteiger partial charge in [0.1, 0.15) is 0 Å². The fourth-order valence-electron chi connectivity index (χ4n) is 3.83. The van der Waals surface area contributed by atoms with Gasteiger partial charge >= 0.3 is 5.69 Å². The number of benzene rings is 2. The number of aryl methyl sites for hydroxylation is 1. The van der Waals surface area contributed by atoms with Crippen molar-refractivity contribution < 1.29 is 0 Å². The summed E-state index contributed by atoms with van der Waals surface area (Å²) in [7, 11) is 0. The number of rotatable bonds is 9. The monoisotopic (exact) mass is 428 g/mol. The van der Waals surface area contributed by atoms with Gasteiger partial charge in [0.05, 0.1) is 6.54 Å². The maximum atomic E-state index is 13.0. The molecule has 0 unspecified atom stereocenters. The first kappa shape index (κ1) is 21.5. The Morgan fingerprint density at radius 1 is 1.06 bits per heavy atom. The first-order valence-electron chi connectivity index (χ1n) is 11.0. The van der Waals surface area contributed by atoms with Crippen LogP contribution in [0, 0.1) is 0 Å². The van der Waals surface area contributed by atoms with E-state index >= 15 is 0 Å². The van der Waals surface area contributed by atoms with E-state index in [1.54, 1.807) is 0 Å². The van der Waals surface area contributed by atoms with E-state index in [0.717, 1.165) is 53.8 Å². The fraction of sp³-hybridized carbons (Fsp3) is 0.280. The molecular formula is C25H28N6O. The minimum absolute atomic E-state index is 0.0604. The van der Waals surface area contributed by atoms with Gasteiger partial charge in [-0.25, -0.2) is 9.89 Å². The lowest BCUT2D eigenvalue weighted by atomic mass is 9.98. The molecule has 0 aliphatic carbocycles. The molecule has 1 N–H and O–H groups in total. The number of hydrogen-bond acceptors (Lipinski definition) is 4. The summed E-state index contributed by atoms with van der Waals surface area (Å²) in [6.07, 6.45) is 8.94. The lowest BCUT2D eigenvalue weighted by Crippen LogP contribution is -2.25. The van der Waals surface area contributed by atoms with Crippen LogP contribution in [0.5, 0.6) is 0 Å². The molecule has 2 aromatic heterocycles. The van der Waals surface area contributed by atoms with Gasteiger partial charge in [0.15, 0.2) is 5.82 Å². The smallest absolute Gasteiger partial charge is 0.299 e. The highest BCUT2D eigenvalue weighted by molar-refractivity contribution is 5.80. The van der Waals surface area contributed by atoms with Crippen LogP contribution in [-0.2, 0) is 19.5 Å². The Labute approximate surface area is 187 Å². The molecule has 0 fully saturated rings. The molecule has 0 saturated heterocycles. The predicted molar refractivity (Wildman–Crippen MR) is 126 cm³/mol. The van der Waals surface area contributed by atoms with Gasteiger partial charge in [-0.05, 0) is 40.5 Å². The Kier molecular flexibility index (Phi) is 6.75. The van der Waals surface area contributed by atoms with Crippen LogP contribution in [0.25, 0.3) is 22.5 Å². The molecule has 4 rings (SSSR count). The zero-order chi connectivity index (χ0) is 22.3. The van der Waals surface area contributed by atoms with Crippen molar-refractivity contribution in [1.82, 2.24) is 29.8 Å². The third-order valence-corrected chi connectivity index (χ3v) is 5.58. The molecule has 32 heavy (non-hydrogen) atoms. The van der Waals surface area contributed by atoms with Gasteiger partial charge in [0, 0.05) is 30.4 Å². The van der Waals surface area contributed by atoms with Gasteiger partial charge in [0.2, 0.25) is 0 Å². The number of allylic oxidation sites excluding steroid dienone is 2. The minimum atomic E-state index is 0.0604. The third-order valence-electron chi connectivity index (χ3n) is 5.58. The Balaban J connectivity index is 1.61. The summed E-state index contributed by atoms with van der Waals surface area (Å²) in [5, 5.41) is 14.3. The summed E-state index contributed by atoms with van der Waals surface area (Å²) < 4.78 is 3.73. The highest BCUT2D eigenvalue weighted by Crippen LogP contribution is 2.29. The van der Waals surface area contributed by atoms with E-state index in [4.69, 9.17) is 0 Å². The zero-order valence-electron chi connectivity index (χ0n) is 18.5. The van der Waals surface area contributed by atoms with Gasteiger partial charge in [-0.15, -0.1) is 5.10 Å². The first-order valence-corrected chi connectivity index (χ1v) is 11.0. The molecule has 0 amide bonds. The maximum absolute atomic E-state index is 13.0. The van der Waals surface area contributed by atoms with Crippen LogP contribution >= 0.6 is 0 Å². The van der Waals surface area contributed by atoms with Crippen LogP contribution in [0.1, 0.15) is 37.9 Å². The standard InChI is InChI=1S/C25H28N6O/c1-3-5-9-21-18-30(16-6-4-2)25(32)31(21)17-19-12-14-20(15-13-19)22-10-7-8-11-23(22)24-26-28-29-27-24/h3,5,7-8,10-15,18H,4,6,9,16-17H2,1-2H3,(H,26,27,28,29). The second-order valence-electron chi connectivity index (χ2n) is 7.80. The SMILES string of the molecule is CC=CCc1cn(CCCC)c(=O)n1Cc1ccc(-c2ccccc2-c2nnn[nH]2)cc1. The van der Waals surface area contributed by atoms with E-state index in [9.17, 15) is 4.79 Å². The van der Waals surface area contributed by atoms with E-state index in [-0.39, 0.29) is 5.69 Å². The Bertz CT molecular complexity index is 1230. The summed E-state index contributed by atoms with van der Waals surface area (Å²) in [5.74, 6) is 0.637. The second-order valence-corrected chi connectivity index (χ2v) is 7.80. The third kappa shape index (κ3) is 4.61. The van der Waals surface area contributed by atoms with Gasteiger partial charge in [0.25, 0.3) is 0 Å². The van der Waals surface area contributed by atoms with Crippen molar-refractivity contribution in [2.45, 2.75) is 46.2 Å². The Hall–Kier alpha value is -3.74. The number of unbranched alkanes of at least 4 members (excludes halogenated alkanes) is 1. The summed E-state index contributed by atoms with van der Waals surface area (Å²) in [4.78, 5) is 13.0. The fourth-order valence-corrected chi connectivity index (χ4v) is 3.83. The number of H-pyrrole nitrogens is 1. The normalized spacial score (nSPS) is 11.4. The Morgan fingerprint density at radius 3 is 2.53 bits per heavy atom. The molecule has 0 atom stereocenters. The van der Waals surface area contributed by atoms with Crippen molar-refractivity contribution in [1.29, 1.82) is 0 Å². The number of hydrogen-bond donors (Lipinski definition) is 1. The average molecular weight is 429 g/mol. The van der Waals surface area contributed by atoms with E-state index in [0.29, 0.717) is 12.4 Å². The summed E-state index contributed by atoms with van der Waals surface area (Å²) in [6, 6.07) is 16.4. The molecule has 7 heteroatoms. The van der Waals surface area contributed by atoms with Gasteiger partial charge in [-0.3, -0.25) is 9.13 Å². The van der Waals surface area contributed by atoms with Crippen LogP contribution in [0.2, 0.25) is 0 Å². The number of aromatic amines is 1. The molecule has 0 aliphatic heterocycles. The summed E-state index contributed by atoms with van der Waals surface area (Å²) in [6.45, 7) is 5.46. The van der Waals surface area contributed by atoms with Crippen LogP contribution in [0.4, 0.5) is 0 Å². The maximum Gasteiger partial charge on any atom is 0.328 e. The highest BCUT2D eigenvalue weighted by atomic mass is 16.1. The zero-order valence-corrected chi connectivity index (χ0v) is 18.5. The lowest BCUT2D eigenvalue weighted by molar-refractivity contribution is 0.593.